The van der Waals surface area contributed by atoms with E-state index in [0.29, 0.717) is 29.2 Å². The molecule has 0 unspecified atom stereocenters. The summed E-state index contributed by atoms with van der Waals surface area (Å²) in [7, 11) is 1.72. The molecule has 186 valence electrons. The van der Waals surface area contributed by atoms with Crippen molar-refractivity contribution in [3.8, 4) is 17.2 Å². The van der Waals surface area contributed by atoms with Crippen molar-refractivity contribution in [3.63, 3.8) is 0 Å². The molecule has 0 aromatic heterocycles. The van der Waals surface area contributed by atoms with Gasteiger partial charge < -0.3 is 19.9 Å². The molecular weight excluding hydrogens is 438 g/mol. The van der Waals surface area contributed by atoms with Crippen LogP contribution in [-0.2, 0) is 10.2 Å². The molecule has 0 saturated heterocycles. The van der Waals surface area contributed by atoms with Crippen LogP contribution in [0.3, 0.4) is 0 Å². The number of carbonyl (C=O) groups is 1. The van der Waals surface area contributed by atoms with E-state index in [2.05, 4.69) is 27.7 Å². The van der Waals surface area contributed by atoms with Crippen molar-refractivity contribution < 1.29 is 19.0 Å². The summed E-state index contributed by atoms with van der Waals surface area (Å²) in [6.07, 6.45) is 0. The first-order chi connectivity index (χ1) is 16.4. The second kappa shape index (κ2) is 10.2. The maximum atomic E-state index is 13.0. The summed E-state index contributed by atoms with van der Waals surface area (Å²) in [6.45, 7) is 12.7. The predicted molar refractivity (Wildman–Crippen MR) is 141 cm³/mol. The van der Waals surface area contributed by atoms with E-state index in [9.17, 15) is 4.79 Å². The Morgan fingerprint density at radius 3 is 1.60 bits per heavy atom. The number of hydrogen-bond acceptors (Lipinski definition) is 5. The molecule has 0 aliphatic carbocycles. The van der Waals surface area contributed by atoms with Gasteiger partial charge in [0.1, 0.15) is 22.8 Å². The standard InChI is InChI=1S/C30H37NO4/c1-28(2,20-31)35-26-18-16-25(17-19-26)34-24-14-10-22(11-15-24)27(32)21-8-12-23(13-9-21)29(3,4)30(5,6)33-7/h8-19H,20,31H2,1-7H3. The monoisotopic (exact) mass is 475 g/mol. The van der Waals surface area contributed by atoms with Crippen LogP contribution >= 0.6 is 0 Å². The minimum atomic E-state index is -0.429. The lowest BCUT2D eigenvalue weighted by Crippen LogP contribution is -2.44. The molecule has 35 heavy (non-hydrogen) atoms. The molecule has 0 radical (unpaired) electrons. The lowest BCUT2D eigenvalue weighted by Gasteiger charge is -2.41. The van der Waals surface area contributed by atoms with Crippen LogP contribution in [0, 0.1) is 0 Å². The summed E-state index contributed by atoms with van der Waals surface area (Å²) in [5.74, 6) is 2.03. The Hall–Kier alpha value is -3.15. The zero-order valence-electron chi connectivity index (χ0n) is 21.8. The smallest absolute Gasteiger partial charge is 0.193 e. The fraction of sp³-hybridized carbons (Fsp3) is 0.367. The van der Waals surface area contributed by atoms with Gasteiger partial charge in [-0.2, -0.15) is 0 Å². The molecule has 3 aromatic rings. The highest BCUT2D eigenvalue weighted by Crippen LogP contribution is 2.37. The molecular formula is C30H37NO4. The molecule has 0 heterocycles. The summed E-state index contributed by atoms with van der Waals surface area (Å²) >= 11 is 0. The van der Waals surface area contributed by atoms with Crippen LogP contribution in [0.5, 0.6) is 17.2 Å². The van der Waals surface area contributed by atoms with Gasteiger partial charge in [-0.05, 0) is 81.8 Å². The molecule has 0 aliphatic rings. The summed E-state index contributed by atoms with van der Waals surface area (Å²) in [6, 6.07) is 22.3. The lowest BCUT2D eigenvalue weighted by atomic mass is 9.71. The topological polar surface area (TPSA) is 70.8 Å². The number of ether oxygens (including phenoxy) is 3. The summed E-state index contributed by atoms with van der Waals surface area (Å²) in [5.41, 5.74) is 7.10. The van der Waals surface area contributed by atoms with Gasteiger partial charge in [0.2, 0.25) is 0 Å². The Kier molecular flexibility index (Phi) is 7.73. The Bertz CT molecular complexity index is 1130. The first-order valence-electron chi connectivity index (χ1n) is 11.9. The van der Waals surface area contributed by atoms with Gasteiger partial charge >= 0.3 is 0 Å². The molecule has 0 aliphatic heterocycles. The van der Waals surface area contributed by atoms with Crippen LogP contribution < -0.4 is 15.2 Å². The number of hydrogen-bond donors (Lipinski definition) is 1. The molecule has 0 atom stereocenters. The van der Waals surface area contributed by atoms with Crippen LogP contribution in [-0.4, -0.2) is 30.6 Å². The van der Waals surface area contributed by atoms with E-state index >= 15 is 0 Å². The second-order valence-corrected chi connectivity index (χ2v) is 10.4. The Balaban J connectivity index is 1.67. The third kappa shape index (κ3) is 6.11. The molecule has 0 amide bonds. The van der Waals surface area contributed by atoms with Gasteiger partial charge in [0.25, 0.3) is 0 Å². The second-order valence-electron chi connectivity index (χ2n) is 10.4. The van der Waals surface area contributed by atoms with E-state index in [4.69, 9.17) is 19.9 Å². The van der Waals surface area contributed by atoms with Crippen molar-refractivity contribution in [2.45, 2.75) is 58.2 Å². The van der Waals surface area contributed by atoms with Gasteiger partial charge in [-0.15, -0.1) is 0 Å². The van der Waals surface area contributed by atoms with Gasteiger partial charge in [-0.25, -0.2) is 0 Å². The number of benzene rings is 3. The third-order valence-corrected chi connectivity index (χ3v) is 6.95. The van der Waals surface area contributed by atoms with E-state index in [1.54, 1.807) is 31.4 Å². The van der Waals surface area contributed by atoms with Crippen LogP contribution in [0.25, 0.3) is 0 Å². The van der Waals surface area contributed by atoms with Gasteiger partial charge in [-0.3, -0.25) is 4.79 Å². The number of ketones is 1. The van der Waals surface area contributed by atoms with Crippen molar-refractivity contribution in [3.05, 3.63) is 89.5 Å². The van der Waals surface area contributed by atoms with E-state index in [1.165, 1.54) is 0 Å². The quantitative estimate of drug-likeness (QED) is 0.338. The molecule has 5 nitrogen and oxygen atoms in total. The lowest BCUT2D eigenvalue weighted by molar-refractivity contribution is -0.0341. The highest BCUT2D eigenvalue weighted by Gasteiger charge is 2.38. The van der Waals surface area contributed by atoms with Crippen molar-refractivity contribution in [2.24, 2.45) is 5.73 Å². The third-order valence-electron chi connectivity index (χ3n) is 6.95. The van der Waals surface area contributed by atoms with Crippen molar-refractivity contribution >= 4 is 5.78 Å². The first kappa shape index (κ1) is 26.5. The molecule has 0 spiro atoms. The van der Waals surface area contributed by atoms with Crippen LogP contribution in [0.1, 0.15) is 63.0 Å². The largest absolute Gasteiger partial charge is 0.487 e. The molecule has 2 N–H and O–H groups in total. The Morgan fingerprint density at radius 2 is 1.14 bits per heavy atom. The van der Waals surface area contributed by atoms with Crippen molar-refractivity contribution in [2.75, 3.05) is 13.7 Å². The maximum Gasteiger partial charge on any atom is 0.193 e. The van der Waals surface area contributed by atoms with Gasteiger partial charge in [0.05, 0.1) is 5.60 Å². The molecule has 3 rings (SSSR count). The van der Waals surface area contributed by atoms with E-state index in [0.717, 1.165) is 11.3 Å². The fourth-order valence-corrected chi connectivity index (χ4v) is 3.55. The Morgan fingerprint density at radius 1 is 0.714 bits per heavy atom. The minimum absolute atomic E-state index is 0.0315. The molecule has 3 aromatic carbocycles. The summed E-state index contributed by atoms with van der Waals surface area (Å²) in [5, 5.41) is 0. The Labute approximate surface area is 209 Å². The average Bonchev–Trinajstić information content (AvgIpc) is 2.85. The van der Waals surface area contributed by atoms with E-state index < -0.39 is 5.60 Å². The van der Waals surface area contributed by atoms with E-state index in [1.807, 2.05) is 62.4 Å². The fourth-order valence-electron chi connectivity index (χ4n) is 3.55. The average molecular weight is 476 g/mol. The van der Waals surface area contributed by atoms with Crippen LogP contribution in [0.15, 0.2) is 72.8 Å². The van der Waals surface area contributed by atoms with Crippen LogP contribution in [0.2, 0.25) is 0 Å². The zero-order valence-corrected chi connectivity index (χ0v) is 21.8. The minimum Gasteiger partial charge on any atom is -0.487 e. The van der Waals surface area contributed by atoms with Crippen molar-refractivity contribution in [1.29, 1.82) is 0 Å². The maximum absolute atomic E-state index is 13.0. The number of rotatable bonds is 10. The van der Waals surface area contributed by atoms with Gasteiger partial charge in [-0.1, -0.05) is 38.1 Å². The van der Waals surface area contributed by atoms with Gasteiger partial charge in [0.15, 0.2) is 5.78 Å². The molecule has 0 saturated carbocycles. The first-order valence-corrected chi connectivity index (χ1v) is 11.9. The SMILES string of the molecule is COC(C)(C)C(C)(C)c1ccc(C(=O)c2ccc(Oc3ccc(OC(C)(C)CN)cc3)cc2)cc1. The molecule has 0 fully saturated rings. The summed E-state index contributed by atoms with van der Waals surface area (Å²) in [4.78, 5) is 13.0. The zero-order chi connectivity index (χ0) is 25.9. The summed E-state index contributed by atoms with van der Waals surface area (Å²) < 4.78 is 17.5. The highest BCUT2D eigenvalue weighted by atomic mass is 16.5. The van der Waals surface area contributed by atoms with Gasteiger partial charge in [0, 0.05) is 30.2 Å². The highest BCUT2D eigenvalue weighted by molar-refractivity contribution is 6.09. The van der Waals surface area contributed by atoms with Crippen LogP contribution in [0.4, 0.5) is 0 Å². The van der Waals surface area contributed by atoms with E-state index in [-0.39, 0.29) is 16.8 Å². The van der Waals surface area contributed by atoms with Crippen molar-refractivity contribution in [1.82, 2.24) is 0 Å². The number of methoxy groups -OCH3 is 1. The predicted octanol–water partition coefficient (Wildman–Crippen LogP) is 6.53. The number of carbonyl (C=O) groups excluding carboxylic acids is 1. The molecule has 0 bridgehead atoms. The normalized spacial score (nSPS) is 12.3. The molecule has 5 heteroatoms. The number of nitrogens with two attached hydrogens (primary N) is 1.